The fourth-order valence-corrected chi connectivity index (χ4v) is 1.38. The van der Waals surface area contributed by atoms with Crippen molar-refractivity contribution in [3.8, 4) is 0 Å². The van der Waals surface area contributed by atoms with Crippen molar-refractivity contribution < 1.29 is 10.2 Å². The van der Waals surface area contributed by atoms with Crippen LogP contribution in [0.25, 0.3) is 0 Å². The second kappa shape index (κ2) is 6.21. The maximum absolute atomic E-state index is 9.60. The Morgan fingerprint density at radius 2 is 1.92 bits per heavy atom. The summed E-state index contributed by atoms with van der Waals surface area (Å²) in [5.74, 6) is 0.00111. The van der Waals surface area contributed by atoms with Crippen molar-refractivity contribution in [3.63, 3.8) is 0 Å². The summed E-state index contributed by atoms with van der Waals surface area (Å²) < 4.78 is 0. The van der Waals surface area contributed by atoms with Gasteiger partial charge in [0.25, 0.3) is 0 Å². The molecule has 0 aromatic heterocycles. The molecule has 2 heteroatoms. The van der Waals surface area contributed by atoms with Gasteiger partial charge in [0.15, 0.2) is 0 Å². The Morgan fingerprint density at radius 3 is 2.25 bits per heavy atom. The summed E-state index contributed by atoms with van der Waals surface area (Å²) in [6.07, 6.45) is 4.46. The SMILES string of the molecule is C/C=C/CC(O)C(CC)C(C)O. The van der Waals surface area contributed by atoms with Gasteiger partial charge in [-0.05, 0) is 26.7 Å². The Bertz CT molecular complexity index is 130. The van der Waals surface area contributed by atoms with Crippen molar-refractivity contribution in [2.45, 2.75) is 45.8 Å². The number of aliphatic hydroxyl groups is 2. The molecular weight excluding hydrogens is 152 g/mol. The summed E-state index contributed by atoms with van der Waals surface area (Å²) in [6, 6.07) is 0. The van der Waals surface area contributed by atoms with Gasteiger partial charge in [0.05, 0.1) is 12.2 Å². The summed E-state index contributed by atoms with van der Waals surface area (Å²) in [5, 5.41) is 18.9. The van der Waals surface area contributed by atoms with Crippen LogP contribution in [0.4, 0.5) is 0 Å². The van der Waals surface area contributed by atoms with Crippen LogP contribution in [0.2, 0.25) is 0 Å². The zero-order valence-electron chi connectivity index (χ0n) is 8.20. The van der Waals surface area contributed by atoms with E-state index in [2.05, 4.69) is 0 Å². The molecule has 0 spiro atoms. The molecule has 0 heterocycles. The molecule has 0 fully saturated rings. The third-order valence-electron chi connectivity index (χ3n) is 2.20. The van der Waals surface area contributed by atoms with Crippen LogP contribution >= 0.6 is 0 Å². The minimum atomic E-state index is -0.421. The van der Waals surface area contributed by atoms with Gasteiger partial charge in [-0.15, -0.1) is 0 Å². The highest BCUT2D eigenvalue weighted by Crippen LogP contribution is 2.16. The molecule has 0 aliphatic heterocycles. The molecule has 0 aromatic carbocycles. The van der Waals surface area contributed by atoms with Gasteiger partial charge in [0.1, 0.15) is 0 Å². The monoisotopic (exact) mass is 172 g/mol. The van der Waals surface area contributed by atoms with Crippen LogP contribution in [0.1, 0.15) is 33.6 Å². The Hall–Kier alpha value is -0.340. The van der Waals surface area contributed by atoms with Crippen LogP contribution in [0, 0.1) is 5.92 Å². The van der Waals surface area contributed by atoms with Crippen LogP contribution < -0.4 is 0 Å². The molecule has 3 atom stereocenters. The largest absolute Gasteiger partial charge is 0.393 e. The first kappa shape index (κ1) is 11.7. The highest BCUT2D eigenvalue weighted by molar-refractivity contribution is 4.84. The van der Waals surface area contributed by atoms with E-state index in [1.807, 2.05) is 26.0 Å². The van der Waals surface area contributed by atoms with E-state index in [-0.39, 0.29) is 5.92 Å². The van der Waals surface area contributed by atoms with E-state index in [4.69, 9.17) is 0 Å². The van der Waals surface area contributed by atoms with Gasteiger partial charge >= 0.3 is 0 Å². The molecule has 2 N–H and O–H groups in total. The lowest BCUT2D eigenvalue weighted by Gasteiger charge is -2.22. The number of aliphatic hydroxyl groups excluding tert-OH is 2. The predicted molar refractivity (Wildman–Crippen MR) is 50.9 cm³/mol. The molecule has 3 unspecified atom stereocenters. The van der Waals surface area contributed by atoms with Crippen molar-refractivity contribution >= 4 is 0 Å². The van der Waals surface area contributed by atoms with E-state index in [0.29, 0.717) is 6.42 Å². The van der Waals surface area contributed by atoms with Crippen molar-refractivity contribution in [3.05, 3.63) is 12.2 Å². The van der Waals surface area contributed by atoms with Gasteiger partial charge in [-0.25, -0.2) is 0 Å². The zero-order chi connectivity index (χ0) is 9.56. The van der Waals surface area contributed by atoms with Crippen molar-refractivity contribution in [1.29, 1.82) is 0 Å². The van der Waals surface area contributed by atoms with Gasteiger partial charge in [-0.1, -0.05) is 19.1 Å². The Kier molecular flexibility index (Phi) is 6.03. The molecule has 0 saturated carbocycles. The minimum absolute atomic E-state index is 0.00111. The Balaban J connectivity index is 3.93. The highest BCUT2D eigenvalue weighted by Gasteiger charge is 2.20. The second-order valence-electron chi connectivity index (χ2n) is 3.18. The highest BCUT2D eigenvalue weighted by atomic mass is 16.3. The number of allylic oxidation sites excluding steroid dienone is 1. The van der Waals surface area contributed by atoms with Crippen LogP contribution in [-0.4, -0.2) is 22.4 Å². The van der Waals surface area contributed by atoms with Gasteiger partial charge in [-0.2, -0.15) is 0 Å². The molecule has 0 bridgehead atoms. The summed E-state index contributed by atoms with van der Waals surface area (Å²) in [7, 11) is 0. The Labute approximate surface area is 74.9 Å². The maximum Gasteiger partial charge on any atom is 0.0627 e. The van der Waals surface area contributed by atoms with E-state index in [1.54, 1.807) is 6.92 Å². The van der Waals surface area contributed by atoms with E-state index in [9.17, 15) is 10.2 Å². The van der Waals surface area contributed by atoms with Gasteiger partial charge in [-0.3, -0.25) is 0 Å². The van der Waals surface area contributed by atoms with Crippen LogP contribution in [-0.2, 0) is 0 Å². The van der Waals surface area contributed by atoms with E-state index in [1.165, 1.54) is 0 Å². The Morgan fingerprint density at radius 1 is 1.33 bits per heavy atom. The molecule has 0 amide bonds. The van der Waals surface area contributed by atoms with Gasteiger partial charge < -0.3 is 10.2 Å². The molecule has 0 radical (unpaired) electrons. The number of hydrogen-bond acceptors (Lipinski definition) is 2. The van der Waals surface area contributed by atoms with Crippen LogP contribution in [0.15, 0.2) is 12.2 Å². The third kappa shape index (κ3) is 3.88. The fourth-order valence-electron chi connectivity index (χ4n) is 1.38. The average Bonchev–Trinajstić information content (AvgIpc) is 2.01. The quantitative estimate of drug-likeness (QED) is 0.620. The first-order valence-corrected chi connectivity index (χ1v) is 4.60. The van der Waals surface area contributed by atoms with Crippen molar-refractivity contribution in [1.82, 2.24) is 0 Å². The molecule has 0 rings (SSSR count). The normalized spacial score (nSPS) is 19.4. The summed E-state index contributed by atoms with van der Waals surface area (Å²) in [5.41, 5.74) is 0. The molecule has 2 nitrogen and oxygen atoms in total. The van der Waals surface area contributed by atoms with E-state index >= 15 is 0 Å². The lowest BCUT2D eigenvalue weighted by Crippen LogP contribution is -2.28. The first-order chi connectivity index (χ1) is 5.63. The molecule has 0 aliphatic carbocycles. The van der Waals surface area contributed by atoms with Crippen molar-refractivity contribution in [2.24, 2.45) is 5.92 Å². The molecule has 0 saturated heterocycles. The zero-order valence-corrected chi connectivity index (χ0v) is 8.20. The standard InChI is InChI=1S/C10H20O2/c1-4-6-7-10(12)9(5-2)8(3)11/h4,6,8-12H,5,7H2,1-3H3/b6-4+. The van der Waals surface area contributed by atoms with Crippen LogP contribution in [0.3, 0.4) is 0 Å². The lowest BCUT2D eigenvalue weighted by molar-refractivity contribution is 0.0215. The topological polar surface area (TPSA) is 40.5 Å². The number of rotatable bonds is 5. The van der Waals surface area contributed by atoms with E-state index in [0.717, 1.165) is 6.42 Å². The third-order valence-corrected chi connectivity index (χ3v) is 2.20. The lowest BCUT2D eigenvalue weighted by atomic mass is 9.92. The molecular formula is C10H20O2. The smallest absolute Gasteiger partial charge is 0.0627 e. The predicted octanol–water partition coefficient (Wildman–Crippen LogP) is 1.72. The fraction of sp³-hybridized carbons (Fsp3) is 0.800. The van der Waals surface area contributed by atoms with E-state index < -0.39 is 12.2 Å². The van der Waals surface area contributed by atoms with Gasteiger partial charge in [0, 0.05) is 5.92 Å². The summed E-state index contributed by atoms with van der Waals surface area (Å²) in [4.78, 5) is 0. The van der Waals surface area contributed by atoms with Crippen molar-refractivity contribution in [2.75, 3.05) is 0 Å². The molecule has 0 aliphatic rings. The molecule has 12 heavy (non-hydrogen) atoms. The first-order valence-electron chi connectivity index (χ1n) is 4.60. The molecule has 0 aromatic rings. The minimum Gasteiger partial charge on any atom is -0.393 e. The molecule has 72 valence electrons. The maximum atomic E-state index is 9.60. The second-order valence-corrected chi connectivity index (χ2v) is 3.18. The van der Waals surface area contributed by atoms with Crippen LogP contribution in [0.5, 0.6) is 0 Å². The van der Waals surface area contributed by atoms with Gasteiger partial charge in [0.2, 0.25) is 0 Å². The number of hydrogen-bond donors (Lipinski definition) is 2. The summed E-state index contributed by atoms with van der Waals surface area (Å²) >= 11 is 0. The average molecular weight is 172 g/mol. The summed E-state index contributed by atoms with van der Waals surface area (Å²) in [6.45, 7) is 5.64.